The fourth-order valence-corrected chi connectivity index (χ4v) is 2.16. The van der Waals surface area contributed by atoms with Gasteiger partial charge in [-0.3, -0.25) is 9.69 Å². The number of aromatic nitrogens is 2. The molecule has 1 saturated heterocycles. The number of halogens is 1. The Bertz CT molecular complexity index is 396. The number of aliphatic carboxylic acids is 1. The van der Waals surface area contributed by atoms with E-state index in [0.29, 0.717) is 18.2 Å². The Morgan fingerprint density at radius 3 is 3.00 bits per heavy atom. The molecule has 1 fully saturated rings. The number of piperidine rings is 1. The Morgan fingerprint density at radius 1 is 1.53 bits per heavy atom. The minimum atomic E-state index is -0.711. The highest BCUT2D eigenvalue weighted by Gasteiger charge is 2.25. The van der Waals surface area contributed by atoms with Crippen LogP contribution in [0.15, 0.2) is 12.1 Å². The number of rotatable bonds is 3. The van der Waals surface area contributed by atoms with Gasteiger partial charge in [-0.1, -0.05) is 11.6 Å². The molecule has 5 nitrogen and oxygen atoms in total. The number of carbonyl (C=O) groups is 1. The third-order valence-electron chi connectivity index (χ3n) is 2.93. The van der Waals surface area contributed by atoms with Gasteiger partial charge in [0.15, 0.2) is 5.15 Å². The summed E-state index contributed by atoms with van der Waals surface area (Å²) < 4.78 is 0. The van der Waals surface area contributed by atoms with Gasteiger partial charge >= 0.3 is 5.97 Å². The molecule has 0 amide bonds. The van der Waals surface area contributed by atoms with E-state index in [1.807, 2.05) is 6.07 Å². The van der Waals surface area contributed by atoms with Gasteiger partial charge in [0.05, 0.1) is 11.6 Å². The van der Waals surface area contributed by atoms with Gasteiger partial charge in [0, 0.05) is 13.1 Å². The van der Waals surface area contributed by atoms with Crippen LogP contribution in [0.3, 0.4) is 0 Å². The quantitative estimate of drug-likeness (QED) is 0.885. The molecule has 1 atom stereocenters. The Hall–Kier alpha value is -1.20. The van der Waals surface area contributed by atoms with E-state index in [9.17, 15) is 4.79 Å². The molecule has 92 valence electrons. The molecule has 6 heteroatoms. The highest BCUT2D eigenvalue weighted by molar-refractivity contribution is 6.29. The van der Waals surface area contributed by atoms with Crippen LogP contribution in [0.5, 0.6) is 0 Å². The molecule has 0 bridgehead atoms. The second-order valence-corrected chi connectivity index (χ2v) is 4.65. The second-order valence-electron chi connectivity index (χ2n) is 4.26. The molecule has 1 N–H and O–H groups in total. The van der Waals surface area contributed by atoms with E-state index in [1.165, 1.54) is 0 Å². The number of hydrogen-bond donors (Lipinski definition) is 1. The van der Waals surface area contributed by atoms with Crippen LogP contribution in [0.4, 0.5) is 0 Å². The van der Waals surface area contributed by atoms with Crippen LogP contribution in [-0.2, 0) is 11.3 Å². The third-order valence-corrected chi connectivity index (χ3v) is 3.13. The van der Waals surface area contributed by atoms with E-state index in [0.717, 1.165) is 25.1 Å². The number of carboxylic acid groups (broad SMARTS) is 1. The third kappa shape index (κ3) is 3.38. The van der Waals surface area contributed by atoms with Gasteiger partial charge in [-0.25, -0.2) is 0 Å². The van der Waals surface area contributed by atoms with Gasteiger partial charge < -0.3 is 5.11 Å². The zero-order valence-corrected chi connectivity index (χ0v) is 10.1. The highest BCUT2D eigenvalue weighted by Crippen LogP contribution is 2.18. The summed E-state index contributed by atoms with van der Waals surface area (Å²) in [4.78, 5) is 13.0. The van der Waals surface area contributed by atoms with Crippen molar-refractivity contribution < 1.29 is 9.90 Å². The molecule has 1 aliphatic rings. The first-order valence-electron chi connectivity index (χ1n) is 5.58. The molecule has 1 aromatic rings. The number of carboxylic acids is 1. The van der Waals surface area contributed by atoms with E-state index in [2.05, 4.69) is 15.1 Å². The number of nitrogens with zero attached hydrogens (tertiary/aromatic N) is 3. The fourth-order valence-electron chi connectivity index (χ4n) is 2.06. The fraction of sp³-hybridized carbons (Fsp3) is 0.545. The van der Waals surface area contributed by atoms with Crippen LogP contribution in [0.2, 0.25) is 5.15 Å². The minimum absolute atomic E-state index is 0.260. The predicted octanol–water partition coefficient (Wildman–Crippen LogP) is 1.43. The Morgan fingerprint density at radius 2 is 2.35 bits per heavy atom. The Balaban J connectivity index is 1.94. The number of hydrogen-bond acceptors (Lipinski definition) is 4. The van der Waals surface area contributed by atoms with Crippen molar-refractivity contribution in [1.82, 2.24) is 15.1 Å². The van der Waals surface area contributed by atoms with Crippen molar-refractivity contribution in [3.05, 3.63) is 23.0 Å². The van der Waals surface area contributed by atoms with Gasteiger partial charge in [-0.15, -0.1) is 5.10 Å². The lowest BCUT2D eigenvalue weighted by atomic mass is 9.98. The maximum Gasteiger partial charge on any atom is 0.307 e. The van der Waals surface area contributed by atoms with Crippen LogP contribution in [0.1, 0.15) is 18.5 Å². The summed E-state index contributed by atoms with van der Waals surface area (Å²) in [5, 5.41) is 17.1. The van der Waals surface area contributed by atoms with Gasteiger partial charge in [0.2, 0.25) is 0 Å². The molecule has 2 heterocycles. The van der Waals surface area contributed by atoms with E-state index >= 15 is 0 Å². The second kappa shape index (κ2) is 5.42. The van der Waals surface area contributed by atoms with Crippen molar-refractivity contribution in [3.63, 3.8) is 0 Å². The van der Waals surface area contributed by atoms with Crippen LogP contribution in [0, 0.1) is 5.92 Å². The van der Waals surface area contributed by atoms with Crippen molar-refractivity contribution in [2.45, 2.75) is 19.4 Å². The molecule has 0 aliphatic carbocycles. The summed E-state index contributed by atoms with van der Waals surface area (Å²) in [6, 6.07) is 3.52. The summed E-state index contributed by atoms with van der Waals surface area (Å²) in [5.41, 5.74) is 0.820. The summed E-state index contributed by atoms with van der Waals surface area (Å²) >= 11 is 5.65. The van der Waals surface area contributed by atoms with Crippen molar-refractivity contribution >= 4 is 17.6 Å². The summed E-state index contributed by atoms with van der Waals surface area (Å²) in [7, 11) is 0. The summed E-state index contributed by atoms with van der Waals surface area (Å²) in [5.74, 6) is -0.971. The average molecular weight is 256 g/mol. The average Bonchev–Trinajstić information content (AvgIpc) is 2.32. The molecular formula is C11H14ClN3O2. The normalized spacial score (nSPS) is 21.4. The van der Waals surface area contributed by atoms with Crippen molar-refractivity contribution in [1.29, 1.82) is 0 Å². The van der Waals surface area contributed by atoms with Crippen molar-refractivity contribution in [3.8, 4) is 0 Å². The first kappa shape index (κ1) is 12.3. The van der Waals surface area contributed by atoms with Crippen molar-refractivity contribution in [2.75, 3.05) is 13.1 Å². The highest BCUT2D eigenvalue weighted by atomic mass is 35.5. The zero-order chi connectivity index (χ0) is 12.3. The van der Waals surface area contributed by atoms with E-state index in [1.54, 1.807) is 6.07 Å². The molecule has 0 saturated carbocycles. The molecule has 1 aliphatic heterocycles. The molecule has 17 heavy (non-hydrogen) atoms. The molecule has 2 rings (SSSR count). The molecule has 0 spiro atoms. The predicted molar refractivity (Wildman–Crippen MR) is 62.7 cm³/mol. The Kier molecular flexibility index (Phi) is 3.91. The van der Waals surface area contributed by atoms with E-state index in [4.69, 9.17) is 16.7 Å². The smallest absolute Gasteiger partial charge is 0.307 e. The van der Waals surface area contributed by atoms with E-state index in [-0.39, 0.29) is 5.92 Å². The maximum atomic E-state index is 10.9. The molecule has 0 unspecified atom stereocenters. The maximum absolute atomic E-state index is 10.9. The first-order valence-corrected chi connectivity index (χ1v) is 5.96. The van der Waals surface area contributed by atoms with Gasteiger partial charge in [-0.2, -0.15) is 5.10 Å². The lowest BCUT2D eigenvalue weighted by molar-refractivity contribution is -0.143. The van der Waals surface area contributed by atoms with Crippen LogP contribution in [0.25, 0.3) is 0 Å². The van der Waals surface area contributed by atoms with Gasteiger partial charge in [0.1, 0.15) is 0 Å². The molecule has 0 radical (unpaired) electrons. The van der Waals surface area contributed by atoms with Crippen LogP contribution < -0.4 is 0 Å². The first-order chi connectivity index (χ1) is 8.15. The molecule has 1 aromatic heterocycles. The minimum Gasteiger partial charge on any atom is -0.481 e. The lowest BCUT2D eigenvalue weighted by Gasteiger charge is -2.30. The van der Waals surface area contributed by atoms with Crippen LogP contribution in [-0.4, -0.2) is 39.3 Å². The SMILES string of the molecule is O=C(O)[C@@H]1CCCN(Cc2ccc(Cl)nn2)C1. The van der Waals surface area contributed by atoms with E-state index < -0.39 is 5.97 Å². The van der Waals surface area contributed by atoms with Crippen molar-refractivity contribution in [2.24, 2.45) is 5.92 Å². The van der Waals surface area contributed by atoms with Crippen LogP contribution >= 0.6 is 11.6 Å². The summed E-state index contributed by atoms with van der Waals surface area (Å²) in [6.45, 7) is 2.13. The topological polar surface area (TPSA) is 66.3 Å². The molecular weight excluding hydrogens is 242 g/mol. The largest absolute Gasteiger partial charge is 0.481 e. The van der Waals surface area contributed by atoms with Gasteiger partial charge in [-0.05, 0) is 31.5 Å². The van der Waals surface area contributed by atoms with Gasteiger partial charge in [0.25, 0.3) is 0 Å². The number of likely N-dealkylation sites (tertiary alicyclic amines) is 1. The standard InChI is InChI=1S/C11H14ClN3O2/c12-10-4-3-9(13-14-10)7-15-5-1-2-8(6-15)11(16)17/h3-4,8H,1-2,5-7H2,(H,16,17)/t8-/m1/s1. The monoisotopic (exact) mass is 255 g/mol. The zero-order valence-electron chi connectivity index (χ0n) is 9.34. The molecule has 0 aromatic carbocycles. The summed E-state index contributed by atoms with van der Waals surface area (Å²) in [6.07, 6.45) is 1.68. The lowest BCUT2D eigenvalue weighted by Crippen LogP contribution is -2.38. The Labute approximate surface area is 104 Å².